The Labute approximate surface area is 149 Å². The van der Waals surface area contributed by atoms with E-state index >= 15 is 0 Å². The summed E-state index contributed by atoms with van der Waals surface area (Å²) in [5.74, 6) is -0.388. The lowest BCUT2D eigenvalue weighted by Crippen LogP contribution is -2.38. The fourth-order valence-corrected chi connectivity index (χ4v) is 3.90. The number of carbonyl (C=O) groups is 2. The van der Waals surface area contributed by atoms with Crippen LogP contribution in [0.15, 0.2) is 25.6 Å². The fraction of sp³-hybridized carbons (Fsp3) is 0.429. The summed E-state index contributed by atoms with van der Waals surface area (Å²) >= 11 is 10.1. The Morgan fingerprint density at radius 1 is 1.14 bits per heavy atom. The molecule has 0 saturated heterocycles. The van der Waals surface area contributed by atoms with E-state index in [9.17, 15) is 9.59 Å². The number of esters is 1. The highest BCUT2D eigenvalue weighted by molar-refractivity contribution is 9.11. The molecule has 0 unspecified atom stereocenters. The molecule has 21 heavy (non-hydrogen) atoms. The summed E-state index contributed by atoms with van der Waals surface area (Å²) in [6, 6.07) is 3.61. The largest absolute Gasteiger partial charge is 0.483 e. The van der Waals surface area contributed by atoms with E-state index in [-0.39, 0.29) is 19.0 Å². The SMILES string of the molecule is CCOC(=O)C(C)(C)C(=O)COc1c(Br)cc(Br)cc1Br. The average Bonchev–Trinajstić information content (AvgIpc) is 2.37. The Morgan fingerprint density at radius 2 is 1.67 bits per heavy atom. The monoisotopic (exact) mass is 484 g/mol. The number of benzene rings is 1. The van der Waals surface area contributed by atoms with Gasteiger partial charge >= 0.3 is 5.97 Å². The maximum atomic E-state index is 12.2. The number of hydrogen-bond donors (Lipinski definition) is 0. The lowest BCUT2D eigenvalue weighted by atomic mass is 9.88. The van der Waals surface area contributed by atoms with Crippen molar-refractivity contribution in [1.29, 1.82) is 0 Å². The van der Waals surface area contributed by atoms with E-state index in [4.69, 9.17) is 9.47 Å². The summed E-state index contributed by atoms with van der Waals surface area (Å²) in [5.41, 5.74) is -1.23. The molecule has 0 aromatic heterocycles. The minimum Gasteiger partial charge on any atom is -0.483 e. The molecule has 4 nitrogen and oxygen atoms in total. The van der Waals surface area contributed by atoms with Crippen molar-refractivity contribution in [3.8, 4) is 5.75 Å². The number of carbonyl (C=O) groups excluding carboxylic acids is 2. The first-order chi connectivity index (χ1) is 9.70. The van der Waals surface area contributed by atoms with E-state index in [2.05, 4.69) is 47.8 Å². The normalized spacial score (nSPS) is 11.1. The van der Waals surface area contributed by atoms with Crippen LogP contribution in [0.5, 0.6) is 5.75 Å². The van der Waals surface area contributed by atoms with Crippen LogP contribution in [-0.4, -0.2) is 25.0 Å². The Bertz CT molecular complexity index is 532. The summed E-state index contributed by atoms with van der Waals surface area (Å²) in [5, 5.41) is 0. The Kier molecular flexibility index (Phi) is 6.87. The number of ketones is 1. The number of rotatable bonds is 6. The van der Waals surface area contributed by atoms with Crippen LogP contribution in [0.2, 0.25) is 0 Å². The highest BCUT2D eigenvalue weighted by Crippen LogP contribution is 2.36. The molecule has 7 heteroatoms. The maximum absolute atomic E-state index is 12.2. The quantitative estimate of drug-likeness (QED) is 0.438. The number of hydrogen-bond acceptors (Lipinski definition) is 4. The van der Waals surface area contributed by atoms with Crippen LogP contribution >= 0.6 is 47.8 Å². The van der Waals surface area contributed by atoms with Crippen molar-refractivity contribution in [2.24, 2.45) is 5.41 Å². The molecular weight excluding hydrogens is 472 g/mol. The van der Waals surface area contributed by atoms with Crippen LogP contribution in [0, 0.1) is 5.41 Å². The summed E-state index contributed by atoms with van der Waals surface area (Å²) in [6.45, 7) is 4.78. The first kappa shape index (κ1) is 18.6. The van der Waals surface area contributed by atoms with E-state index < -0.39 is 11.4 Å². The van der Waals surface area contributed by atoms with E-state index in [1.807, 2.05) is 0 Å². The van der Waals surface area contributed by atoms with Gasteiger partial charge in [-0.25, -0.2) is 0 Å². The average molecular weight is 487 g/mol. The predicted molar refractivity (Wildman–Crippen MR) is 90.5 cm³/mol. The molecule has 1 aromatic rings. The number of ether oxygens (including phenoxy) is 2. The lowest BCUT2D eigenvalue weighted by Gasteiger charge is -2.21. The molecule has 0 aliphatic carbocycles. The highest BCUT2D eigenvalue weighted by Gasteiger charge is 2.37. The molecule has 0 saturated carbocycles. The summed E-state index contributed by atoms with van der Waals surface area (Å²) in [7, 11) is 0. The van der Waals surface area contributed by atoms with Crippen LogP contribution < -0.4 is 4.74 Å². The van der Waals surface area contributed by atoms with Crippen LogP contribution in [0.25, 0.3) is 0 Å². The van der Waals surface area contributed by atoms with Gasteiger partial charge in [0.1, 0.15) is 17.8 Å². The Balaban J connectivity index is 2.80. The minimum atomic E-state index is -1.23. The van der Waals surface area contributed by atoms with Gasteiger partial charge in [-0.15, -0.1) is 0 Å². The zero-order valence-corrected chi connectivity index (χ0v) is 16.6. The molecule has 116 valence electrons. The third kappa shape index (κ3) is 4.79. The second-order valence-corrected chi connectivity index (χ2v) is 7.38. The molecule has 0 aliphatic heterocycles. The number of Topliss-reactive ketones (excluding diaryl/α,β-unsaturated/α-hetero) is 1. The van der Waals surface area contributed by atoms with Crippen LogP contribution in [0.3, 0.4) is 0 Å². The first-order valence-corrected chi connectivity index (χ1v) is 8.56. The van der Waals surface area contributed by atoms with E-state index in [1.165, 1.54) is 13.8 Å². The smallest absolute Gasteiger partial charge is 0.319 e. The van der Waals surface area contributed by atoms with Crippen molar-refractivity contribution in [3.63, 3.8) is 0 Å². The second kappa shape index (κ2) is 7.74. The van der Waals surface area contributed by atoms with E-state index in [0.717, 1.165) is 4.47 Å². The third-order valence-electron chi connectivity index (χ3n) is 2.79. The molecule has 0 atom stereocenters. The molecule has 1 rings (SSSR count). The second-order valence-electron chi connectivity index (χ2n) is 4.76. The van der Waals surface area contributed by atoms with E-state index in [1.54, 1.807) is 19.1 Å². The van der Waals surface area contributed by atoms with Gasteiger partial charge in [0.25, 0.3) is 0 Å². The molecule has 0 amide bonds. The van der Waals surface area contributed by atoms with Crippen molar-refractivity contribution in [2.75, 3.05) is 13.2 Å². The maximum Gasteiger partial charge on any atom is 0.319 e. The van der Waals surface area contributed by atoms with Crippen molar-refractivity contribution >= 4 is 59.5 Å². The van der Waals surface area contributed by atoms with Gasteiger partial charge in [-0.2, -0.15) is 0 Å². The molecule has 0 radical (unpaired) electrons. The first-order valence-electron chi connectivity index (χ1n) is 6.18. The molecule has 0 heterocycles. The zero-order chi connectivity index (χ0) is 16.2. The van der Waals surface area contributed by atoms with Crippen LogP contribution in [-0.2, 0) is 14.3 Å². The van der Waals surface area contributed by atoms with Gasteiger partial charge in [0.2, 0.25) is 0 Å². The molecule has 0 fully saturated rings. The van der Waals surface area contributed by atoms with Gasteiger partial charge in [-0.1, -0.05) is 15.9 Å². The summed E-state index contributed by atoms with van der Waals surface area (Å²) in [6.07, 6.45) is 0. The van der Waals surface area contributed by atoms with Gasteiger partial charge in [0.05, 0.1) is 15.6 Å². The van der Waals surface area contributed by atoms with Crippen LogP contribution in [0.1, 0.15) is 20.8 Å². The number of halogens is 3. The Morgan fingerprint density at radius 3 is 2.14 bits per heavy atom. The van der Waals surface area contributed by atoms with Gasteiger partial charge in [0.15, 0.2) is 5.78 Å². The highest BCUT2D eigenvalue weighted by atomic mass is 79.9. The predicted octanol–water partition coefficient (Wildman–Crippen LogP) is 4.51. The molecule has 0 spiro atoms. The lowest BCUT2D eigenvalue weighted by molar-refractivity contribution is -0.158. The van der Waals surface area contributed by atoms with Crippen molar-refractivity contribution < 1.29 is 19.1 Å². The molecule has 0 N–H and O–H groups in total. The van der Waals surface area contributed by atoms with Crippen molar-refractivity contribution in [1.82, 2.24) is 0 Å². The molecular formula is C14H15Br3O4. The van der Waals surface area contributed by atoms with Gasteiger partial charge in [0, 0.05) is 4.47 Å². The van der Waals surface area contributed by atoms with Gasteiger partial charge in [-0.3, -0.25) is 9.59 Å². The standard InChI is InChI=1S/C14H15Br3O4/c1-4-20-13(19)14(2,3)11(18)7-21-12-9(16)5-8(15)6-10(12)17/h5-6H,4,7H2,1-3H3. The topological polar surface area (TPSA) is 52.6 Å². The molecule has 1 aromatic carbocycles. The van der Waals surface area contributed by atoms with E-state index in [0.29, 0.717) is 14.7 Å². The van der Waals surface area contributed by atoms with Crippen molar-refractivity contribution in [3.05, 3.63) is 25.6 Å². The molecule has 0 aliphatic rings. The van der Waals surface area contributed by atoms with Crippen molar-refractivity contribution in [2.45, 2.75) is 20.8 Å². The zero-order valence-electron chi connectivity index (χ0n) is 11.8. The third-order valence-corrected chi connectivity index (χ3v) is 4.43. The summed E-state index contributed by atoms with van der Waals surface area (Å²) in [4.78, 5) is 24.0. The fourth-order valence-electron chi connectivity index (χ4n) is 1.41. The molecule has 0 bridgehead atoms. The van der Waals surface area contributed by atoms with Gasteiger partial charge < -0.3 is 9.47 Å². The summed E-state index contributed by atoms with van der Waals surface area (Å²) < 4.78 is 12.7. The Hall–Kier alpha value is -0.400. The van der Waals surface area contributed by atoms with Gasteiger partial charge in [-0.05, 0) is 64.8 Å². The minimum absolute atomic E-state index is 0.218. The van der Waals surface area contributed by atoms with Crippen LogP contribution in [0.4, 0.5) is 0 Å².